The number of hydrogen-bond donors (Lipinski definition) is 2. The van der Waals surface area contributed by atoms with Crippen molar-refractivity contribution in [3.05, 3.63) is 17.5 Å². The van der Waals surface area contributed by atoms with Crippen LogP contribution in [0.1, 0.15) is 56.9 Å². The highest BCUT2D eigenvalue weighted by Gasteiger charge is 2.16. The number of thioether (sulfide) groups is 1. The largest absolute Gasteiger partial charge is 0.359 e. The van der Waals surface area contributed by atoms with Crippen LogP contribution in [0.4, 0.5) is 0 Å². The van der Waals surface area contributed by atoms with Gasteiger partial charge in [-0.15, -0.1) is 24.0 Å². The monoisotopic (exact) mass is 452 g/mol. The van der Waals surface area contributed by atoms with E-state index in [1.165, 1.54) is 18.6 Å². The van der Waals surface area contributed by atoms with Crippen LogP contribution in [0.3, 0.4) is 0 Å². The van der Waals surface area contributed by atoms with Gasteiger partial charge in [-0.2, -0.15) is 11.8 Å². The van der Waals surface area contributed by atoms with Gasteiger partial charge in [0.2, 0.25) is 0 Å². The van der Waals surface area contributed by atoms with E-state index in [1.54, 1.807) is 7.05 Å². The summed E-state index contributed by atoms with van der Waals surface area (Å²) in [6.07, 6.45) is 4.69. The van der Waals surface area contributed by atoms with Crippen LogP contribution < -0.4 is 10.6 Å². The van der Waals surface area contributed by atoms with Crippen LogP contribution in [0.15, 0.2) is 15.6 Å². The van der Waals surface area contributed by atoms with Crippen molar-refractivity contribution in [3.63, 3.8) is 0 Å². The van der Waals surface area contributed by atoms with Gasteiger partial charge in [-0.1, -0.05) is 19.0 Å². The molecule has 2 N–H and O–H groups in total. The third-order valence-corrected chi connectivity index (χ3v) is 5.35. The first-order valence-corrected chi connectivity index (χ1v) is 9.42. The third kappa shape index (κ3) is 6.52. The molecule has 2 rings (SSSR count). The minimum absolute atomic E-state index is 0. The first kappa shape index (κ1) is 20.6. The van der Waals surface area contributed by atoms with Crippen LogP contribution in [-0.4, -0.2) is 35.7 Å². The molecule has 1 aromatic heterocycles. The minimum Gasteiger partial charge on any atom is -0.359 e. The van der Waals surface area contributed by atoms with Crippen molar-refractivity contribution in [2.75, 3.05) is 18.6 Å². The highest BCUT2D eigenvalue weighted by atomic mass is 127. The van der Waals surface area contributed by atoms with Crippen LogP contribution >= 0.6 is 35.7 Å². The fourth-order valence-corrected chi connectivity index (χ4v) is 3.80. The van der Waals surface area contributed by atoms with Gasteiger partial charge in [0.15, 0.2) is 11.7 Å². The molecular formula is C16H29IN4OS. The average molecular weight is 452 g/mol. The topological polar surface area (TPSA) is 62.5 Å². The molecule has 1 unspecified atom stereocenters. The Bertz CT molecular complexity index is 470. The second-order valence-corrected chi connectivity index (χ2v) is 6.87. The number of nitrogens with one attached hydrogen (secondary N) is 2. The van der Waals surface area contributed by atoms with Crippen molar-refractivity contribution in [2.45, 2.75) is 58.0 Å². The van der Waals surface area contributed by atoms with Gasteiger partial charge in [0.05, 0.1) is 12.2 Å². The van der Waals surface area contributed by atoms with Crippen molar-refractivity contribution in [1.29, 1.82) is 0 Å². The van der Waals surface area contributed by atoms with Crippen LogP contribution in [0, 0.1) is 0 Å². The Balaban J connectivity index is 0.00000264. The Hall–Kier alpha value is -0.440. The van der Waals surface area contributed by atoms with Gasteiger partial charge in [0.25, 0.3) is 0 Å². The number of halogens is 1. The standard InChI is InChI=1S/C16H28N4OS.HI/c1-4-12(5-2)15-9-14(21-20-15)10-18-16(17-3)19-13-7-6-8-22-11-13;/h9,12-13H,4-8,10-11H2,1-3H3,(H2,17,18,19);1H. The van der Waals surface area contributed by atoms with E-state index in [-0.39, 0.29) is 24.0 Å². The fourth-order valence-electron chi connectivity index (χ4n) is 2.73. The molecule has 0 aliphatic carbocycles. The van der Waals surface area contributed by atoms with Gasteiger partial charge in [-0.3, -0.25) is 4.99 Å². The van der Waals surface area contributed by atoms with Crippen molar-refractivity contribution in [1.82, 2.24) is 15.8 Å². The molecule has 1 aliphatic rings. The van der Waals surface area contributed by atoms with E-state index >= 15 is 0 Å². The van der Waals surface area contributed by atoms with Gasteiger partial charge in [0, 0.05) is 30.8 Å². The molecule has 1 aliphatic heterocycles. The van der Waals surface area contributed by atoms with E-state index in [2.05, 4.69) is 40.7 Å². The molecule has 5 nitrogen and oxygen atoms in total. The van der Waals surface area contributed by atoms with Crippen LogP contribution in [-0.2, 0) is 6.54 Å². The van der Waals surface area contributed by atoms with E-state index in [0.29, 0.717) is 18.5 Å². The number of nitrogens with zero attached hydrogens (tertiary/aromatic N) is 2. The maximum Gasteiger partial charge on any atom is 0.191 e. The summed E-state index contributed by atoms with van der Waals surface area (Å²) in [4.78, 5) is 4.29. The highest BCUT2D eigenvalue weighted by molar-refractivity contribution is 14.0. The molecule has 0 radical (unpaired) electrons. The molecule has 1 aromatic rings. The fraction of sp³-hybridized carbons (Fsp3) is 0.750. The smallest absolute Gasteiger partial charge is 0.191 e. The number of hydrogen-bond acceptors (Lipinski definition) is 4. The van der Waals surface area contributed by atoms with E-state index < -0.39 is 0 Å². The van der Waals surface area contributed by atoms with E-state index in [4.69, 9.17) is 4.52 Å². The average Bonchev–Trinajstić information content (AvgIpc) is 3.02. The van der Waals surface area contributed by atoms with Crippen molar-refractivity contribution < 1.29 is 4.52 Å². The molecule has 1 fully saturated rings. The summed E-state index contributed by atoms with van der Waals surface area (Å²) in [7, 11) is 1.81. The van der Waals surface area contributed by atoms with Crippen molar-refractivity contribution in [2.24, 2.45) is 4.99 Å². The zero-order valence-electron chi connectivity index (χ0n) is 14.3. The lowest BCUT2D eigenvalue weighted by atomic mass is 9.99. The number of aliphatic imine (C=N–C) groups is 1. The van der Waals surface area contributed by atoms with E-state index in [0.717, 1.165) is 36.0 Å². The van der Waals surface area contributed by atoms with Crippen LogP contribution in [0.2, 0.25) is 0 Å². The summed E-state index contributed by atoms with van der Waals surface area (Å²) in [5, 5.41) is 11.0. The molecule has 0 bridgehead atoms. The molecule has 1 atom stereocenters. The van der Waals surface area contributed by atoms with E-state index in [9.17, 15) is 0 Å². The quantitative estimate of drug-likeness (QED) is 0.391. The molecule has 2 heterocycles. The summed E-state index contributed by atoms with van der Waals surface area (Å²) >= 11 is 2.01. The summed E-state index contributed by atoms with van der Waals surface area (Å²) in [5.41, 5.74) is 1.06. The summed E-state index contributed by atoms with van der Waals surface area (Å²) in [5.74, 6) is 4.63. The second kappa shape index (κ2) is 11.2. The lowest BCUT2D eigenvalue weighted by Gasteiger charge is -2.24. The number of rotatable bonds is 6. The van der Waals surface area contributed by atoms with Gasteiger partial charge >= 0.3 is 0 Å². The van der Waals surface area contributed by atoms with Gasteiger partial charge in [-0.05, 0) is 31.4 Å². The van der Waals surface area contributed by atoms with E-state index in [1.807, 2.05) is 11.8 Å². The molecule has 0 aromatic carbocycles. The lowest BCUT2D eigenvalue weighted by molar-refractivity contribution is 0.367. The SMILES string of the molecule is CCC(CC)c1cc(CNC(=NC)NC2CCCSC2)on1.I. The first-order chi connectivity index (χ1) is 10.8. The lowest BCUT2D eigenvalue weighted by Crippen LogP contribution is -2.45. The Labute approximate surface area is 160 Å². The first-order valence-electron chi connectivity index (χ1n) is 8.27. The molecule has 23 heavy (non-hydrogen) atoms. The van der Waals surface area contributed by atoms with Crippen molar-refractivity contribution in [3.8, 4) is 0 Å². The highest BCUT2D eigenvalue weighted by Crippen LogP contribution is 2.22. The molecule has 132 valence electrons. The minimum atomic E-state index is 0. The van der Waals surface area contributed by atoms with Crippen LogP contribution in [0.5, 0.6) is 0 Å². The Morgan fingerprint density at radius 1 is 1.48 bits per heavy atom. The molecule has 0 spiro atoms. The maximum absolute atomic E-state index is 5.43. The number of aromatic nitrogens is 1. The second-order valence-electron chi connectivity index (χ2n) is 5.72. The Morgan fingerprint density at radius 3 is 2.87 bits per heavy atom. The molecule has 0 saturated carbocycles. The molecular weight excluding hydrogens is 423 g/mol. The molecule has 1 saturated heterocycles. The summed E-state index contributed by atoms with van der Waals surface area (Å²) in [6.45, 7) is 5.00. The maximum atomic E-state index is 5.43. The third-order valence-electron chi connectivity index (χ3n) is 4.14. The zero-order chi connectivity index (χ0) is 15.8. The Kier molecular flexibility index (Phi) is 10.0. The molecule has 7 heteroatoms. The molecule has 0 amide bonds. The van der Waals surface area contributed by atoms with Gasteiger partial charge in [-0.25, -0.2) is 0 Å². The Morgan fingerprint density at radius 2 is 2.26 bits per heavy atom. The summed E-state index contributed by atoms with van der Waals surface area (Å²) in [6, 6.07) is 2.58. The summed E-state index contributed by atoms with van der Waals surface area (Å²) < 4.78 is 5.43. The predicted octanol–water partition coefficient (Wildman–Crippen LogP) is 3.76. The van der Waals surface area contributed by atoms with Crippen LogP contribution in [0.25, 0.3) is 0 Å². The number of guanidine groups is 1. The predicted molar refractivity (Wildman–Crippen MR) is 109 cm³/mol. The normalized spacial score (nSPS) is 18.6. The zero-order valence-corrected chi connectivity index (χ0v) is 17.4. The van der Waals surface area contributed by atoms with Crippen molar-refractivity contribution >= 4 is 41.7 Å². The van der Waals surface area contributed by atoms with Gasteiger partial charge in [0.1, 0.15) is 0 Å². The van der Waals surface area contributed by atoms with Gasteiger partial charge < -0.3 is 15.2 Å².